The first kappa shape index (κ1) is 35.3. The average molecular weight is 532 g/mol. The van der Waals surface area contributed by atoms with Crippen LogP contribution in [0.3, 0.4) is 0 Å². The molecule has 3 aromatic rings. The number of aromatic nitrogens is 3. The highest BCUT2D eigenvalue weighted by atomic mass is 16.5. The smallest absolute Gasteiger partial charge is 0.181 e. The van der Waals surface area contributed by atoms with Crippen LogP contribution in [0.2, 0.25) is 0 Å². The van der Waals surface area contributed by atoms with E-state index in [4.69, 9.17) is 4.74 Å². The summed E-state index contributed by atoms with van der Waals surface area (Å²) in [6.45, 7) is 27.5. The van der Waals surface area contributed by atoms with E-state index in [0.29, 0.717) is 12.1 Å². The van der Waals surface area contributed by atoms with E-state index in [1.165, 1.54) is 0 Å². The Morgan fingerprint density at radius 3 is 2.05 bits per heavy atom. The number of hydrogen-bond donors (Lipinski definition) is 1. The Kier molecular flexibility index (Phi) is 16.0. The van der Waals surface area contributed by atoms with E-state index in [2.05, 4.69) is 55.2 Å². The van der Waals surface area contributed by atoms with Gasteiger partial charge in [0, 0.05) is 29.0 Å². The van der Waals surface area contributed by atoms with Gasteiger partial charge in [0.2, 0.25) is 0 Å². The number of rotatable bonds is 7. The number of hydrogen-bond acceptors (Lipinski definition) is 4. The summed E-state index contributed by atoms with van der Waals surface area (Å²) in [6, 6.07) is 10.1. The van der Waals surface area contributed by atoms with Crippen molar-refractivity contribution in [2.24, 2.45) is 5.41 Å². The quantitative estimate of drug-likeness (QED) is 0.243. The Morgan fingerprint density at radius 2 is 1.64 bits per heavy atom. The molecule has 2 aromatic heterocycles. The van der Waals surface area contributed by atoms with Crippen molar-refractivity contribution in [3.05, 3.63) is 90.5 Å². The maximum atomic E-state index is 11.2. The van der Waals surface area contributed by atoms with Crippen LogP contribution in [0.1, 0.15) is 80.5 Å². The van der Waals surface area contributed by atoms with Gasteiger partial charge in [0.15, 0.2) is 5.65 Å². The predicted octanol–water partition coefficient (Wildman–Crippen LogP) is 9.54. The van der Waals surface area contributed by atoms with Gasteiger partial charge in [-0.1, -0.05) is 104 Å². The van der Waals surface area contributed by atoms with Crippen LogP contribution in [-0.4, -0.2) is 28.1 Å². The van der Waals surface area contributed by atoms with Crippen LogP contribution in [0.5, 0.6) is 0 Å². The molecule has 0 spiro atoms. The first-order valence-corrected chi connectivity index (χ1v) is 13.6. The fraction of sp³-hybridized carbons (Fsp3) is 0.382. The molecule has 0 aliphatic heterocycles. The number of carbonyl (C=O) groups excluding carboxylic acids is 1. The molecule has 0 radical (unpaired) electrons. The van der Waals surface area contributed by atoms with Gasteiger partial charge in [0.1, 0.15) is 11.5 Å². The van der Waals surface area contributed by atoms with Crippen molar-refractivity contribution in [1.82, 2.24) is 15.2 Å². The lowest BCUT2D eigenvalue weighted by Crippen LogP contribution is -2.10. The second-order valence-corrected chi connectivity index (χ2v) is 9.53. The van der Waals surface area contributed by atoms with E-state index < -0.39 is 0 Å². The molecule has 212 valence electrons. The molecule has 0 saturated heterocycles. The minimum absolute atomic E-state index is 0.0771. The molecule has 39 heavy (non-hydrogen) atoms. The highest BCUT2D eigenvalue weighted by Gasteiger charge is 2.17. The normalized spacial score (nSPS) is 11.2. The zero-order chi connectivity index (χ0) is 30.2. The molecule has 0 amide bonds. The summed E-state index contributed by atoms with van der Waals surface area (Å²) in [6.07, 6.45) is 8.04. The fourth-order valence-corrected chi connectivity index (χ4v) is 3.55. The van der Waals surface area contributed by atoms with Gasteiger partial charge < -0.3 is 4.74 Å². The number of H-pyrrole nitrogens is 1. The first-order chi connectivity index (χ1) is 18.5. The second kappa shape index (κ2) is 17.7. The lowest BCUT2D eigenvalue weighted by Gasteiger charge is -2.21. The standard InChI is InChI=1S/C20H19N3O.C10H18O.2C2H6/c1-4-15(5-2)19-18-11-17(12-21-20(18)23-22-19)16-8-6-14(7-9-16)10-13(3)24;1-8(2)7-9(11-6)10(3,4)5;2*1-2/h4-9,11-12H,1,10H2,2-3H3,(H,21,22,23);7H,1H2,2-6H3;2*1-2H3/b15-5+;9-7-;;. The number of nitrogens with one attached hydrogen (secondary N) is 1. The number of methoxy groups -OCH3 is 1. The van der Waals surface area contributed by atoms with Crippen molar-refractivity contribution in [2.75, 3.05) is 7.11 Å². The molecule has 2 heterocycles. The van der Waals surface area contributed by atoms with E-state index in [9.17, 15) is 4.79 Å². The molecule has 0 atom stereocenters. The van der Waals surface area contributed by atoms with Gasteiger partial charge in [-0.25, -0.2) is 4.98 Å². The second-order valence-electron chi connectivity index (χ2n) is 9.53. The van der Waals surface area contributed by atoms with Crippen LogP contribution in [0.15, 0.2) is 79.2 Å². The van der Waals surface area contributed by atoms with Crippen LogP contribution < -0.4 is 0 Å². The number of ketones is 1. The molecule has 3 rings (SSSR count). The SMILES string of the molecule is C=C(C)/C=C(\OC)C(C)(C)C.C=C/C(=C\C)c1[nH]nc2ncc(-c3ccc(CC(C)=O)cc3)cc12.CC.CC. The van der Waals surface area contributed by atoms with Gasteiger partial charge in [-0.15, -0.1) is 0 Å². The number of allylic oxidation sites excluding steroid dienone is 6. The minimum Gasteiger partial charge on any atom is -0.501 e. The molecule has 0 fully saturated rings. The molecular weight excluding hydrogens is 482 g/mol. The van der Waals surface area contributed by atoms with Crippen molar-refractivity contribution in [3.8, 4) is 11.1 Å². The summed E-state index contributed by atoms with van der Waals surface area (Å²) in [5, 5.41) is 8.26. The van der Waals surface area contributed by atoms with E-state index in [1.807, 2.05) is 84.2 Å². The molecule has 5 nitrogen and oxygen atoms in total. The summed E-state index contributed by atoms with van der Waals surface area (Å²) >= 11 is 0. The first-order valence-electron chi connectivity index (χ1n) is 13.6. The zero-order valence-electron chi connectivity index (χ0n) is 26.0. The van der Waals surface area contributed by atoms with Crippen LogP contribution in [0.25, 0.3) is 27.7 Å². The average Bonchev–Trinajstić information content (AvgIpc) is 3.33. The number of ether oxygens (including phenoxy) is 1. The summed E-state index contributed by atoms with van der Waals surface area (Å²) in [5.41, 5.74) is 6.79. The number of fused-ring (bicyclic) bond motifs is 1. The zero-order valence-corrected chi connectivity index (χ0v) is 26.0. The number of benzene rings is 1. The topological polar surface area (TPSA) is 67.9 Å². The highest BCUT2D eigenvalue weighted by Crippen LogP contribution is 2.28. The number of Topliss-reactive ketones (excluding diaryl/α,β-unsaturated/α-hetero) is 1. The van der Waals surface area contributed by atoms with Crippen molar-refractivity contribution < 1.29 is 9.53 Å². The third-order valence-corrected chi connectivity index (χ3v) is 5.31. The Balaban J connectivity index is 0.000000815. The lowest BCUT2D eigenvalue weighted by atomic mass is 9.93. The Bertz CT molecular complexity index is 1250. The minimum atomic E-state index is 0.0771. The van der Waals surface area contributed by atoms with Crippen molar-refractivity contribution in [3.63, 3.8) is 0 Å². The summed E-state index contributed by atoms with van der Waals surface area (Å²) in [5.74, 6) is 1.14. The molecule has 0 unspecified atom stereocenters. The van der Waals surface area contributed by atoms with E-state index in [0.717, 1.165) is 44.7 Å². The monoisotopic (exact) mass is 531 g/mol. The summed E-state index contributed by atoms with van der Waals surface area (Å²) < 4.78 is 5.23. The van der Waals surface area contributed by atoms with Crippen LogP contribution in [0.4, 0.5) is 0 Å². The largest absolute Gasteiger partial charge is 0.501 e. The molecule has 1 N–H and O–H groups in total. The molecular formula is C34H49N3O2. The van der Waals surface area contributed by atoms with E-state index >= 15 is 0 Å². The van der Waals surface area contributed by atoms with Gasteiger partial charge in [-0.2, -0.15) is 5.10 Å². The van der Waals surface area contributed by atoms with Gasteiger partial charge in [0.05, 0.1) is 12.8 Å². The molecule has 0 bridgehead atoms. The number of nitrogens with zero attached hydrogens (tertiary/aromatic N) is 2. The summed E-state index contributed by atoms with van der Waals surface area (Å²) in [7, 11) is 1.69. The van der Waals surface area contributed by atoms with Gasteiger partial charge in [0.25, 0.3) is 0 Å². The molecule has 1 aromatic carbocycles. The number of carbonyl (C=O) groups is 1. The Labute approximate surface area is 236 Å². The Morgan fingerprint density at radius 1 is 1.05 bits per heavy atom. The number of aromatic amines is 1. The molecule has 0 aliphatic carbocycles. The third kappa shape index (κ3) is 11.3. The van der Waals surface area contributed by atoms with Gasteiger partial charge in [-0.3, -0.25) is 9.89 Å². The Hall–Kier alpha value is -3.73. The maximum Gasteiger partial charge on any atom is 0.181 e. The fourth-order valence-electron chi connectivity index (χ4n) is 3.55. The van der Waals surface area contributed by atoms with Gasteiger partial charge >= 0.3 is 0 Å². The van der Waals surface area contributed by atoms with E-state index in [1.54, 1.807) is 20.1 Å². The molecule has 0 saturated carbocycles. The predicted molar refractivity (Wildman–Crippen MR) is 170 cm³/mol. The third-order valence-electron chi connectivity index (χ3n) is 5.31. The van der Waals surface area contributed by atoms with E-state index in [-0.39, 0.29) is 11.2 Å². The van der Waals surface area contributed by atoms with Crippen LogP contribution >= 0.6 is 0 Å². The highest BCUT2D eigenvalue weighted by molar-refractivity contribution is 5.93. The maximum absolute atomic E-state index is 11.2. The summed E-state index contributed by atoms with van der Waals surface area (Å²) in [4.78, 5) is 15.7. The van der Waals surface area contributed by atoms with Crippen molar-refractivity contribution >= 4 is 22.4 Å². The van der Waals surface area contributed by atoms with Crippen LogP contribution in [-0.2, 0) is 16.0 Å². The van der Waals surface area contributed by atoms with Crippen LogP contribution in [0, 0.1) is 5.41 Å². The molecule has 0 aliphatic rings. The van der Waals surface area contributed by atoms with Gasteiger partial charge in [-0.05, 0) is 49.6 Å². The molecule has 5 heteroatoms. The van der Waals surface area contributed by atoms with Crippen molar-refractivity contribution in [2.45, 2.75) is 75.7 Å². The number of pyridine rings is 1. The van der Waals surface area contributed by atoms with Crippen molar-refractivity contribution in [1.29, 1.82) is 0 Å². The lowest BCUT2D eigenvalue weighted by molar-refractivity contribution is -0.116.